The van der Waals surface area contributed by atoms with E-state index in [1.54, 1.807) is 18.6 Å². The first-order valence-corrected chi connectivity index (χ1v) is 9.23. The Kier molecular flexibility index (Phi) is 5.29. The third-order valence-corrected chi connectivity index (χ3v) is 4.76. The highest BCUT2D eigenvalue weighted by atomic mass is 16.5. The van der Waals surface area contributed by atoms with Crippen molar-refractivity contribution in [3.63, 3.8) is 0 Å². The maximum absolute atomic E-state index is 5.93. The van der Waals surface area contributed by atoms with Crippen molar-refractivity contribution in [2.45, 2.75) is 6.61 Å². The molecule has 0 radical (unpaired) electrons. The molecule has 8 heteroatoms. The largest absolute Gasteiger partial charge is 0.470 e. The normalized spacial score (nSPS) is 14.8. The second kappa shape index (κ2) is 8.18. The Morgan fingerprint density at radius 2 is 1.79 bits per heavy atom. The summed E-state index contributed by atoms with van der Waals surface area (Å²) in [4.78, 5) is 22.0. The van der Waals surface area contributed by atoms with Gasteiger partial charge in [-0.3, -0.25) is 4.98 Å². The molecule has 0 spiro atoms. The van der Waals surface area contributed by atoms with Crippen LogP contribution in [0, 0.1) is 0 Å². The van der Waals surface area contributed by atoms with Crippen molar-refractivity contribution in [3.05, 3.63) is 54.6 Å². The maximum atomic E-state index is 5.93. The summed E-state index contributed by atoms with van der Waals surface area (Å²) in [5.74, 6) is 1.56. The van der Waals surface area contributed by atoms with Gasteiger partial charge in [0.1, 0.15) is 12.4 Å². The zero-order valence-electron chi connectivity index (χ0n) is 15.8. The number of nitrogens with zero attached hydrogens (tertiary/aromatic N) is 6. The molecule has 0 aromatic carbocycles. The molecular formula is C20H23N7O. The van der Waals surface area contributed by atoms with Gasteiger partial charge >= 0.3 is 0 Å². The summed E-state index contributed by atoms with van der Waals surface area (Å²) >= 11 is 0. The van der Waals surface area contributed by atoms with Crippen molar-refractivity contribution in [2.24, 2.45) is 0 Å². The molecule has 3 aromatic rings. The fourth-order valence-corrected chi connectivity index (χ4v) is 3.02. The average molecular weight is 377 g/mol. The number of hydrogen-bond acceptors (Lipinski definition) is 8. The van der Waals surface area contributed by atoms with Crippen molar-refractivity contribution >= 4 is 11.6 Å². The Balaban J connectivity index is 1.48. The van der Waals surface area contributed by atoms with E-state index < -0.39 is 0 Å². The van der Waals surface area contributed by atoms with Crippen LogP contribution in [0.3, 0.4) is 0 Å². The van der Waals surface area contributed by atoms with E-state index in [0.717, 1.165) is 43.1 Å². The van der Waals surface area contributed by atoms with Crippen molar-refractivity contribution in [2.75, 3.05) is 43.9 Å². The number of rotatable bonds is 5. The Morgan fingerprint density at radius 3 is 2.50 bits per heavy atom. The van der Waals surface area contributed by atoms with E-state index in [1.807, 2.05) is 30.5 Å². The molecule has 28 heavy (non-hydrogen) atoms. The molecule has 2 N–H and O–H groups in total. The molecule has 0 amide bonds. The molecule has 0 bridgehead atoms. The Bertz CT molecular complexity index is 910. The minimum Gasteiger partial charge on any atom is -0.470 e. The Hall–Kier alpha value is -3.26. The van der Waals surface area contributed by atoms with Gasteiger partial charge in [0.2, 0.25) is 0 Å². The second-order valence-corrected chi connectivity index (χ2v) is 6.79. The Labute approximate surface area is 164 Å². The van der Waals surface area contributed by atoms with Gasteiger partial charge in [0.15, 0.2) is 5.82 Å². The predicted octanol–water partition coefficient (Wildman–Crippen LogP) is 1.85. The standard InChI is InChI=1S/C20H23N7O/c1-26-8-10-27(11-9-26)18-3-2-16(12-23-18)17-13-24-19(21)20(25-17)28-14-15-4-6-22-7-5-15/h2-7,12-13H,8-11,14H2,1H3,(H2,21,24). The van der Waals surface area contributed by atoms with Gasteiger partial charge in [0.25, 0.3) is 5.88 Å². The lowest BCUT2D eigenvalue weighted by atomic mass is 10.2. The number of nitrogen functional groups attached to an aromatic ring is 1. The number of nitrogens with two attached hydrogens (primary N) is 1. The molecule has 1 fully saturated rings. The molecule has 1 aliphatic heterocycles. The first-order chi connectivity index (χ1) is 13.7. The lowest BCUT2D eigenvalue weighted by Crippen LogP contribution is -2.44. The molecular weight excluding hydrogens is 354 g/mol. The minimum atomic E-state index is 0.264. The summed E-state index contributed by atoms with van der Waals surface area (Å²) in [6.45, 7) is 4.41. The molecule has 3 aromatic heterocycles. The number of anilines is 2. The van der Waals surface area contributed by atoms with Crippen LogP contribution in [0.5, 0.6) is 5.88 Å². The van der Waals surface area contributed by atoms with Crippen molar-refractivity contribution in [1.29, 1.82) is 0 Å². The van der Waals surface area contributed by atoms with Crippen LogP contribution in [0.2, 0.25) is 0 Å². The van der Waals surface area contributed by atoms with Gasteiger partial charge in [0, 0.05) is 50.3 Å². The van der Waals surface area contributed by atoms with Crippen molar-refractivity contribution < 1.29 is 4.74 Å². The zero-order chi connectivity index (χ0) is 19.3. The quantitative estimate of drug-likeness (QED) is 0.720. The van der Waals surface area contributed by atoms with Crippen LogP contribution in [-0.4, -0.2) is 58.1 Å². The summed E-state index contributed by atoms with van der Waals surface area (Å²) in [6, 6.07) is 7.80. The second-order valence-electron chi connectivity index (χ2n) is 6.79. The molecule has 0 atom stereocenters. The number of pyridine rings is 2. The zero-order valence-corrected chi connectivity index (χ0v) is 15.8. The van der Waals surface area contributed by atoms with E-state index in [-0.39, 0.29) is 5.82 Å². The monoisotopic (exact) mass is 377 g/mol. The minimum absolute atomic E-state index is 0.264. The molecule has 1 aliphatic rings. The van der Waals surface area contributed by atoms with E-state index in [9.17, 15) is 0 Å². The fourth-order valence-electron chi connectivity index (χ4n) is 3.02. The molecule has 1 saturated heterocycles. The summed E-state index contributed by atoms with van der Waals surface area (Å²) in [6.07, 6.45) is 6.90. The number of piperazine rings is 1. The third-order valence-electron chi connectivity index (χ3n) is 4.76. The van der Waals surface area contributed by atoms with Gasteiger partial charge in [-0.15, -0.1) is 0 Å². The van der Waals surface area contributed by atoms with Gasteiger partial charge in [0.05, 0.1) is 11.9 Å². The van der Waals surface area contributed by atoms with E-state index in [2.05, 4.69) is 36.8 Å². The van der Waals surface area contributed by atoms with Crippen LogP contribution in [0.4, 0.5) is 11.6 Å². The predicted molar refractivity (Wildman–Crippen MR) is 108 cm³/mol. The van der Waals surface area contributed by atoms with Gasteiger partial charge in [-0.1, -0.05) is 0 Å². The fraction of sp³-hybridized carbons (Fsp3) is 0.300. The third kappa shape index (κ3) is 4.17. The van der Waals surface area contributed by atoms with E-state index in [0.29, 0.717) is 18.2 Å². The van der Waals surface area contributed by atoms with Gasteiger partial charge in [-0.05, 0) is 36.9 Å². The lowest BCUT2D eigenvalue weighted by molar-refractivity contribution is 0.295. The summed E-state index contributed by atoms with van der Waals surface area (Å²) in [5.41, 5.74) is 8.46. The molecule has 0 saturated carbocycles. The smallest absolute Gasteiger partial charge is 0.258 e. The maximum Gasteiger partial charge on any atom is 0.258 e. The van der Waals surface area contributed by atoms with Gasteiger partial charge in [-0.25, -0.2) is 15.0 Å². The molecule has 144 valence electrons. The summed E-state index contributed by atoms with van der Waals surface area (Å²) < 4.78 is 5.75. The summed E-state index contributed by atoms with van der Waals surface area (Å²) in [7, 11) is 2.14. The van der Waals surface area contributed by atoms with Gasteiger partial charge < -0.3 is 20.3 Å². The summed E-state index contributed by atoms with van der Waals surface area (Å²) in [5, 5.41) is 0. The highest BCUT2D eigenvalue weighted by Gasteiger charge is 2.15. The number of likely N-dealkylation sites (N-methyl/N-ethyl adjacent to an activating group) is 1. The van der Waals surface area contributed by atoms with E-state index in [4.69, 9.17) is 10.5 Å². The van der Waals surface area contributed by atoms with Crippen molar-refractivity contribution in [3.8, 4) is 17.1 Å². The number of hydrogen-bond donors (Lipinski definition) is 1. The van der Waals surface area contributed by atoms with Crippen LogP contribution >= 0.6 is 0 Å². The SMILES string of the molecule is CN1CCN(c2ccc(-c3cnc(N)c(OCc4ccncc4)n3)cn2)CC1. The first kappa shape index (κ1) is 18.1. The molecule has 0 aliphatic carbocycles. The van der Waals surface area contributed by atoms with E-state index >= 15 is 0 Å². The Morgan fingerprint density at radius 1 is 1.00 bits per heavy atom. The van der Waals surface area contributed by atoms with Crippen LogP contribution in [0.15, 0.2) is 49.1 Å². The van der Waals surface area contributed by atoms with Gasteiger partial charge in [-0.2, -0.15) is 0 Å². The average Bonchev–Trinajstić information content (AvgIpc) is 2.75. The van der Waals surface area contributed by atoms with Crippen LogP contribution in [-0.2, 0) is 6.61 Å². The number of aromatic nitrogens is 4. The lowest BCUT2D eigenvalue weighted by Gasteiger charge is -2.33. The van der Waals surface area contributed by atoms with Crippen LogP contribution in [0.25, 0.3) is 11.3 Å². The van der Waals surface area contributed by atoms with Crippen LogP contribution < -0.4 is 15.4 Å². The van der Waals surface area contributed by atoms with Crippen LogP contribution in [0.1, 0.15) is 5.56 Å². The number of ether oxygens (including phenoxy) is 1. The first-order valence-electron chi connectivity index (χ1n) is 9.23. The molecule has 0 unspecified atom stereocenters. The molecule has 8 nitrogen and oxygen atoms in total. The molecule has 4 rings (SSSR count). The van der Waals surface area contributed by atoms with E-state index in [1.165, 1.54) is 0 Å². The topological polar surface area (TPSA) is 93.3 Å². The molecule has 4 heterocycles. The highest BCUT2D eigenvalue weighted by Crippen LogP contribution is 2.24. The highest BCUT2D eigenvalue weighted by molar-refractivity contribution is 5.61. The van der Waals surface area contributed by atoms with Crippen molar-refractivity contribution in [1.82, 2.24) is 24.8 Å².